The highest BCUT2D eigenvalue weighted by molar-refractivity contribution is 6.54. The highest BCUT2D eigenvalue weighted by Gasteiger charge is 2.24. The Bertz CT molecular complexity index is 1370. The van der Waals surface area contributed by atoms with Crippen molar-refractivity contribution in [2.45, 2.75) is 38.9 Å². The number of unbranched alkanes of at least 4 members (excludes halogenated alkanes) is 1. The Morgan fingerprint density at radius 3 is 2.72 bits per heavy atom. The molecule has 0 saturated heterocycles. The molecule has 0 fully saturated rings. The van der Waals surface area contributed by atoms with Gasteiger partial charge in [0.1, 0.15) is 11.6 Å². The van der Waals surface area contributed by atoms with E-state index < -0.39 is 0 Å². The maximum atomic E-state index is 12.7. The van der Waals surface area contributed by atoms with Crippen LogP contribution < -0.4 is 16.1 Å². The topological polar surface area (TPSA) is 91.5 Å². The van der Waals surface area contributed by atoms with Crippen LogP contribution in [0.4, 0.5) is 5.82 Å². The first-order chi connectivity index (χ1) is 17.6. The zero-order chi connectivity index (χ0) is 24.9. The number of amides is 1. The molecule has 4 aromatic rings. The van der Waals surface area contributed by atoms with E-state index in [9.17, 15) is 9.90 Å². The second kappa shape index (κ2) is 10.9. The molecule has 1 atom stereocenters. The lowest BCUT2D eigenvalue weighted by Crippen LogP contribution is -2.34. The quantitative estimate of drug-likeness (QED) is 0.252. The number of anilines is 1. The van der Waals surface area contributed by atoms with Crippen LogP contribution in [-0.4, -0.2) is 46.0 Å². The molecule has 1 aliphatic rings. The van der Waals surface area contributed by atoms with Gasteiger partial charge in [-0.25, -0.2) is 4.98 Å². The number of nitrogens with zero attached hydrogens (tertiary/aromatic N) is 3. The van der Waals surface area contributed by atoms with Gasteiger partial charge in [-0.1, -0.05) is 43.2 Å². The van der Waals surface area contributed by atoms with Crippen LogP contribution in [-0.2, 0) is 17.6 Å². The van der Waals surface area contributed by atoms with Crippen molar-refractivity contribution in [3.8, 4) is 17.0 Å². The van der Waals surface area contributed by atoms with Crippen molar-refractivity contribution in [2.75, 3.05) is 18.4 Å². The summed E-state index contributed by atoms with van der Waals surface area (Å²) in [5.74, 6) is 1.28. The van der Waals surface area contributed by atoms with Gasteiger partial charge in [-0.3, -0.25) is 4.79 Å². The van der Waals surface area contributed by atoms with E-state index in [-0.39, 0.29) is 17.6 Å². The molecule has 0 spiro atoms. The summed E-state index contributed by atoms with van der Waals surface area (Å²) in [6, 6.07) is 17.6. The van der Waals surface area contributed by atoms with E-state index >= 15 is 0 Å². The van der Waals surface area contributed by atoms with Gasteiger partial charge < -0.3 is 15.7 Å². The fourth-order valence-corrected chi connectivity index (χ4v) is 4.96. The van der Waals surface area contributed by atoms with Gasteiger partial charge in [-0.2, -0.15) is 9.61 Å². The summed E-state index contributed by atoms with van der Waals surface area (Å²) >= 11 is 0. The maximum absolute atomic E-state index is 12.7. The minimum atomic E-state index is 0.0727. The zero-order valence-electron chi connectivity index (χ0n) is 20.7. The molecule has 1 unspecified atom stereocenters. The standard InChI is InChI=1S/C28H32BN5O2/c1-29-23-18-32-34-26(17-24(33-27(23)34)22-10-4-5-11-25(22)35)30-14-6-7-15-31-28(36)21-13-12-19-8-2-3-9-20(19)16-21/h2-5,8-11,17-18,21,29-30,35H,6-7,12-16H2,1H3,(H,31,36). The van der Waals surface area contributed by atoms with Crippen LogP contribution in [0.15, 0.2) is 60.8 Å². The zero-order valence-corrected chi connectivity index (χ0v) is 20.7. The molecule has 184 valence electrons. The molecule has 5 rings (SSSR count). The molecule has 8 heteroatoms. The number of phenols is 1. The summed E-state index contributed by atoms with van der Waals surface area (Å²) in [7, 11) is 0.826. The van der Waals surface area contributed by atoms with Crippen LogP contribution in [0.25, 0.3) is 16.9 Å². The van der Waals surface area contributed by atoms with Crippen molar-refractivity contribution in [2.24, 2.45) is 5.92 Å². The number of aromatic hydroxyl groups is 1. The lowest BCUT2D eigenvalue weighted by atomic mass is 9.75. The lowest BCUT2D eigenvalue weighted by Gasteiger charge is -2.23. The predicted molar refractivity (Wildman–Crippen MR) is 145 cm³/mol. The Kier molecular flexibility index (Phi) is 7.21. The van der Waals surface area contributed by atoms with Crippen LogP contribution in [0.3, 0.4) is 0 Å². The number of carbonyl (C=O) groups excluding carboxylic acids is 1. The number of benzene rings is 2. The highest BCUT2D eigenvalue weighted by atomic mass is 16.3. The molecule has 2 aromatic carbocycles. The molecule has 2 aromatic heterocycles. The van der Waals surface area contributed by atoms with Crippen LogP contribution in [0.1, 0.15) is 30.4 Å². The Morgan fingerprint density at radius 2 is 1.89 bits per heavy atom. The molecule has 0 saturated carbocycles. The molecule has 0 radical (unpaired) electrons. The summed E-state index contributed by atoms with van der Waals surface area (Å²) < 4.78 is 1.82. The summed E-state index contributed by atoms with van der Waals surface area (Å²) in [5, 5.41) is 21.5. The normalized spacial score (nSPS) is 14.9. The monoisotopic (exact) mass is 481 g/mol. The van der Waals surface area contributed by atoms with E-state index in [1.165, 1.54) is 11.1 Å². The molecule has 1 aliphatic carbocycles. The molecule has 0 bridgehead atoms. The van der Waals surface area contributed by atoms with E-state index in [0.717, 1.165) is 62.9 Å². The summed E-state index contributed by atoms with van der Waals surface area (Å²) in [5.41, 5.74) is 5.95. The molecular weight excluding hydrogens is 449 g/mol. The van der Waals surface area contributed by atoms with Crippen molar-refractivity contribution < 1.29 is 9.90 Å². The number of aryl methyl sites for hydroxylation is 1. The number of rotatable bonds is 9. The van der Waals surface area contributed by atoms with Crippen molar-refractivity contribution in [1.29, 1.82) is 0 Å². The van der Waals surface area contributed by atoms with E-state index in [1.54, 1.807) is 12.1 Å². The van der Waals surface area contributed by atoms with E-state index in [2.05, 4.69) is 46.8 Å². The number of nitrogens with one attached hydrogen (secondary N) is 2. The smallest absolute Gasteiger partial charge is 0.223 e. The molecule has 7 nitrogen and oxygen atoms in total. The Morgan fingerprint density at radius 1 is 1.11 bits per heavy atom. The van der Waals surface area contributed by atoms with Gasteiger partial charge in [0.05, 0.1) is 5.69 Å². The number of hydrogen-bond acceptors (Lipinski definition) is 5. The first kappa shape index (κ1) is 23.9. The third-order valence-electron chi connectivity index (χ3n) is 7.03. The number of hydrogen-bond donors (Lipinski definition) is 3. The fourth-order valence-electron chi connectivity index (χ4n) is 4.96. The summed E-state index contributed by atoms with van der Waals surface area (Å²) in [6.07, 6.45) is 6.39. The average molecular weight is 481 g/mol. The number of phenolic OH excluding ortho intramolecular Hbond substituents is 1. The highest BCUT2D eigenvalue weighted by Crippen LogP contribution is 2.29. The van der Waals surface area contributed by atoms with E-state index in [0.29, 0.717) is 17.8 Å². The lowest BCUT2D eigenvalue weighted by molar-refractivity contribution is -0.125. The third-order valence-corrected chi connectivity index (χ3v) is 7.03. The fraction of sp³-hybridized carbons (Fsp3) is 0.321. The Balaban J connectivity index is 1.16. The molecule has 36 heavy (non-hydrogen) atoms. The maximum Gasteiger partial charge on any atom is 0.223 e. The Hall–Kier alpha value is -3.81. The third kappa shape index (κ3) is 5.08. The summed E-state index contributed by atoms with van der Waals surface area (Å²) in [6.45, 7) is 3.50. The van der Waals surface area contributed by atoms with Crippen molar-refractivity contribution in [1.82, 2.24) is 19.9 Å². The van der Waals surface area contributed by atoms with Gasteiger partial charge in [0.15, 0.2) is 12.9 Å². The van der Waals surface area contributed by atoms with Crippen molar-refractivity contribution in [3.05, 3.63) is 71.9 Å². The molecular formula is C28H32BN5O2. The SMILES string of the molecule is CBc1cnn2c(NCCCCNC(=O)C3CCc4ccccc4C3)cc(-c3ccccc3O)nc12. The number of para-hydroxylation sites is 1. The van der Waals surface area contributed by atoms with E-state index in [1.807, 2.05) is 28.9 Å². The van der Waals surface area contributed by atoms with Gasteiger partial charge in [-0.05, 0) is 60.8 Å². The van der Waals surface area contributed by atoms with Crippen LogP contribution in [0.2, 0.25) is 6.82 Å². The van der Waals surface area contributed by atoms with Crippen molar-refractivity contribution in [3.63, 3.8) is 0 Å². The molecule has 2 heterocycles. The molecule has 1 amide bonds. The van der Waals surface area contributed by atoms with Crippen LogP contribution in [0.5, 0.6) is 5.75 Å². The van der Waals surface area contributed by atoms with Crippen LogP contribution in [0, 0.1) is 5.92 Å². The van der Waals surface area contributed by atoms with Gasteiger partial charge in [0.2, 0.25) is 5.91 Å². The minimum Gasteiger partial charge on any atom is -0.507 e. The number of aromatic nitrogens is 3. The van der Waals surface area contributed by atoms with Gasteiger partial charge in [-0.15, -0.1) is 0 Å². The summed E-state index contributed by atoms with van der Waals surface area (Å²) in [4.78, 5) is 17.5. The largest absolute Gasteiger partial charge is 0.507 e. The number of fused-ring (bicyclic) bond motifs is 2. The van der Waals surface area contributed by atoms with Gasteiger partial charge in [0, 0.05) is 36.8 Å². The second-order valence-electron chi connectivity index (χ2n) is 9.44. The first-order valence-electron chi connectivity index (χ1n) is 12.9. The Labute approximate surface area is 212 Å². The minimum absolute atomic E-state index is 0.0727. The van der Waals surface area contributed by atoms with Crippen molar-refractivity contribution >= 4 is 30.1 Å². The van der Waals surface area contributed by atoms with Crippen LogP contribution >= 0.6 is 0 Å². The first-order valence-corrected chi connectivity index (χ1v) is 12.9. The number of carbonyl (C=O) groups is 1. The average Bonchev–Trinajstić information content (AvgIpc) is 3.33. The second-order valence-corrected chi connectivity index (χ2v) is 9.44. The molecule has 0 aliphatic heterocycles. The predicted octanol–water partition coefficient (Wildman–Crippen LogP) is 3.33. The van der Waals surface area contributed by atoms with E-state index in [4.69, 9.17) is 4.98 Å². The van der Waals surface area contributed by atoms with Gasteiger partial charge in [0.25, 0.3) is 0 Å². The van der Waals surface area contributed by atoms with Gasteiger partial charge >= 0.3 is 0 Å². The molecule has 3 N–H and O–H groups in total.